The van der Waals surface area contributed by atoms with Crippen LogP contribution in [0.25, 0.3) is 0 Å². The maximum Gasteiger partial charge on any atom is 0.242 e. The molecule has 78 valence electrons. The highest BCUT2D eigenvalue weighted by Gasteiger charge is 2.49. The molecule has 0 amide bonds. The summed E-state index contributed by atoms with van der Waals surface area (Å²) in [5.74, 6) is 0. The summed E-state index contributed by atoms with van der Waals surface area (Å²) >= 11 is 0. The van der Waals surface area contributed by atoms with Crippen LogP contribution in [0.5, 0.6) is 0 Å². The lowest BCUT2D eigenvalue weighted by atomic mass is 9.75. The van der Waals surface area contributed by atoms with Crippen molar-refractivity contribution in [2.75, 3.05) is 0 Å². The van der Waals surface area contributed by atoms with E-state index in [1.807, 2.05) is 0 Å². The molecule has 0 aromatic heterocycles. The number of allylic oxidation sites excluding steroid dienone is 4. The number of hydrogen-bond donors (Lipinski definition) is 0. The second kappa shape index (κ2) is 3.24. The van der Waals surface area contributed by atoms with Gasteiger partial charge in [-0.1, -0.05) is 37.3 Å². The second-order valence-corrected chi connectivity index (χ2v) is 6.69. The summed E-state index contributed by atoms with van der Waals surface area (Å²) in [6, 6.07) is 0. The van der Waals surface area contributed by atoms with Gasteiger partial charge < -0.3 is 0 Å². The smallest absolute Gasteiger partial charge is 0.211 e. The Balaban J connectivity index is 3.42. The third kappa shape index (κ3) is 1.44. The fourth-order valence-corrected chi connectivity index (χ4v) is 3.03. The molecule has 0 unspecified atom stereocenters. The first-order chi connectivity index (χ1) is 6.27. The molecule has 2 atom stereocenters. The van der Waals surface area contributed by atoms with Crippen molar-refractivity contribution in [3.8, 4) is 0 Å². The number of rotatable bonds is 2. The van der Waals surface area contributed by atoms with Crippen LogP contribution in [0.15, 0.2) is 37.0 Å². The molecule has 0 spiro atoms. The summed E-state index contributed by atoms with van der Waals surface area (Å²) in [6.45, 7) is 7.04. The molecule has 0 heterocycles. The van der Waals surface area contributed by atoms with Crippen LogP contribution in [0, 0.1) is 5.41 Å². The van der Waals surface area contributed by atoms with E-state index in [4.69, 9.17) is 10.7 Å². The molecule has 0 aliphatic heterocycles. The predicted octanol–water partition coefficient (Wildman–Crippen LogP) is 2.63. The van der Waals surface area contributed by atoms with Crippen LogP contribution >= 0.6 is 10.7 Å². The summed E-state index contributed by atoms with van der Waals surface area (Å²) in [4.78, 5) is 0. The first kappa shape index (κ1) is 11.5. The molecule has 0 aromatic rings. The fourth-order valence-electron chi connectivity index (χ4n) is 1.45. The zero-order chi connectivity index (χ0) is 11.0. The van der Waals surface area contributed by atoms with E-state index in [0.717, 1.165) is 0 Å². The molecule has 0 aromatic carbocycles. The third-order valence-corrected chi connectivity index (χ3v) is 5.52. The number of halogens is 1. The van der Waals surface area contributed by atoms with E-state index < -0.39 is 19.2 Å². The quantitative estimate of drug-likeness (QED) is 0.542. The van der Waals surface area contributed by atoms with Crippen LogP contribution in [0.2, 0.25) is 0 Å². The summed E-state index contributed by atoms with van der Waals surface area (Å²) in [5, 5.41) is 0. The lowest BCUT2D eigenvalue weighted by Gasteiger charge is -2.39. The molecule has 0 N–H and O–H groups in total. The minimum absolute atomic E-state index is 0.664. The van der Waals surface area contributed by atoms with Crippen LogP contribution in [-0.4, -0.2) is 13.2 Å². The van der Waals surface area contributed by atoms with E-state index >= 15 is 0 Å². The molecule has 0 bridgehead atoms. The van der Waals surface area contributed by atoms with Crippen molar-refractivity contribution in [1.29, 1.82) is 0 Å². The predicted molar refractivity (Wildman–Crippen MR) is 59.8 cm³/mol. The highest BCUT2D eigenvalue weighted by molar-refractivity contribution is 8.15. The zero-order valence-corrected chi connectivity index (χ0v) is 9.77. The number of hydrogen-bond acceptors (Lipinski definition) is 2. The maximum atomic E-state index is 11.5. The summed E-state index contributed by atoms with van der Waals surface area (Å²) < 4.78 is 21.9. The third-order valence-electron chi connectivity index (χ3n) is 2.97. The van der Waals surface area contributed by atoms with Crippen LogP contribution < -0.4 is 0 Å². The Morgan fingerprint density at radius 1 is 1.29 bits per heavy atom. The van der Waals surface area contributed by atoms with Gasteiger partial charge in [-0.3, -0.25) is 0 Å². The van der Waals surface area contributed by atoms with E-state index in [1.165, 1.54) is 0 Å². The monoisotopic (exact) mass is 232 g/mol. The van der Waals surface area contributed by atoms with Crippen molar-refractivity contribution in [3.05, 3.63) is 37.0 Å². The van der Waals surface area contributed by atoms with Gasteiger partial charge in [0.2, 0.25) is 9.05 Å². The van der Waals surface area contributed by atoms with Crippen molar-refractivity contribution in [3.63, 3.8) is 0 Å². The Labute approximate surface area is 89.4 Å². The summed E-state index contributed by atoms with van der Waals surface area (Å²) in [5.41, 5.74) is -0.664. The van der Waals surface area contributed by atoms with Gasteiger partial charge in [0, 0.05) is 16.1 Å². The van der Waals surface area contributed by atoms with E-state index in [1.54, 1.807) is 44.2 Å². The highest BCUT2D eigenvalue weighted by atomic mass is 35.7. The Kier molecular flexibility index (Phi) is 2.67. The van der Waals surface area contributed by atoms with Gasteiger partial charge in [0.1, 0.15) is 4.75 Å². The lowest BCUT2D eigenvalue weighted by Crippen LogP contribution is -2.45. The van der Waals surface area contributed by atoms with Crippen molar-refractivity contribution in [1.82, 2.24) is 0 Å². The maximum absolute atomic E-state index is 11.5. The molecular weight excluding hydrogens is 220 g/mol. The molecule has 14 heavy (non-hydrogen) atoms. The van der Waals surface area contributed by atoms with Crippen molar-refractivity contribution in [2.24, 2.45) is 5.41 Å². The Hall–Kier alpha value is -0.540. The minimum atomic E-state index is -3.68. The first-order valence-corrected chi connectivity index (χ1v) is 6.53. The molecule has 1 aliphatic rings. The molecule has 2 nitrogen and oxygen atoms in total. The molecule has 0 radical (unpaired) electrons. The molecule has 0 fully saturated rings. The standard InChI is InChI=1S/C10H13ClO2S/c1-4-9(2)7-5-6-8-10(9,3)14(11,12)13/h4-8H,1H2,2-3H3/t9-,10+/m1/s1. The molecule has 4 heteroatoms. The SMILES string of the molecule is C=C[C@]1(C)C=CC=C[C@]1(C)S(=O)(=O)Cl. The molecule has 1 rings (SSSR count). The lowest BCUT2D eigenvalue weighted by molar-refractivity contribution is 0.431. The van der Waals surface area contributed by atoms with Crippen molar-refractivity contribution >= 4 is 19.7 Å². The van der Waals surface area contributed by atoms with E-state index in [0.29, 0.717) is 0 Å². The minimum Gasteiger partial charge on any atom is -0.211 e. The highest BCUT2D eigenvalue weighted by Crippen LogP contribution is 2.44. The van der Waals surface area contributed by atoms with Crippen molar-refractivity contribution in [2.45, 2.75) is 18.6 Å². The van der Waals surface area contributed by atoms with Gasteiger partial charge in [0.05, 0.1) is 0 Å². The van der Waals surface area contributed by atoms with E-state index in [-0.39, 0.29) is 0 Å². The molecular formula is C10H13ClO2S. The Morgan fingerprint density at radius 2 is 1.79 bits per heavy atom. The van der Waals surface area contributed by atoms with Gasteiger partial charge in [0.25, 0.3) is 0 Å². The summed E-state index contributed by atoms with van der Waals surface area (Å²) in [7, 11) is 1.77. The van der Waals surface area contributed by atoms with Crippen LogP contribution in [0.4, 0.5) is 0 Å². The van der Waals surface area contributed by atoms with Gasteiger partial charge >= 0.3 is 0 Å². The normalized spacial score (nSPS) is 37.1. The Morgan fingerprint density at radius 3 is 2.14 bits per heavy atom. The average Bonchev–Trinajstić information content (AvgIpc) is 2.08. The van der Waals surface area contributed by atoms with Gasteiger partial charge in [-0.15, -0.1) is 6.58 Å². The van der Waals surface area contributed by atoms with E-state index in [9.17, 15) is 8.42 Å². The first-order valence-electron chi connectivity index (χ1n) is 4.22. The zero-order valence-electron chi connectivity index (χ0n) is 8.20. The van der Waals surface area contributed by atoms with Crippen molar-refractivity contribution < 1.29 is 8.42 Å². The van der Waals surface area contributed by atoms with Crippen LogP contribution in [0.1, 0.15) is 13.8 Å². The topological polar surface area (TPSA) is 34.1 Å². The average molecular weight is 233 g/mol. The van der Waals surface area contributed by atoms with Crippen LogP contribution in [-0.2, 0) is 9.05 Å². The van der Waals surface area contributed by atoms with Gasteiger partial charge in [-0.2, -0.15) is 0 Å². The van der Waals surface area contributed by atoms with Gasteiger partial charge in [-0.05, 0) is 6.92 Å². The van der Waals surface area contributed by atoms with Gasteiger partial charge in [-0.25, -0.2) is 8.42 Å². The molecule has 0 saturated heterocycles. The largest absolute Gasteiger partial charge is 0.242 e. The van der Waals surface area contributed by atoms with Crippen LogP contribution in [0.3, 0.4) is 0 Å². The molecule has 0 saturated carbocycles. The van der Waals surface area contributed by atoms with Gasteiger partial charge in [0.15, 0.2) is 0 Å². The second-order valence-electron chi connectivity index (χ2n) is 3.75. The van der Waals surface area contributed by atoms with E-state index in [2.05, 4.69) is 6.58 Å². The fraction of sp³-hybridized carbons (Fsp3) is 0.400. The Bertz CT molecular complexity index is 408. The summed E-state index contributed by atoms with van der Waals surface area (Å²) in [6.07, 6.45) is 8.47. The molecule has 1 aliphatic carbocycles.